The molecule has 0 bridgehead atoms. The van der Waals surface area contributed by atoms with Crippen LogP contribution in [0.3, 0.4) is 0 Å². The number of rotatable bonds is 1. The number of carboxylic acid groups (broad SMARTS) is 1. The summed E-state index contributed by atoms with van der Waals surface area (Å²) in [6.45, 7) is 0.288. The number of nitrogens with two attached hydrogens (primary N) is 1. The van der Waals surface area contributed by atoms with Crippen molar-refractivity contribution in [2.75, 3.05) is 11.7 Å². The van der Waals surface area contributed by atoms with E-state index < -0.39 is 12.3 Å². The minimum atomic E-state index is -0.991. The van der Waals surface area contributed by atoms with Gasteiger partial charge in [0.15, 0.2) is 0 Å². The molecule has 3 N–H and O–H groups in total. The van der Waals surface area contributed by atoms with Gasteiger partial charge in [0.25, 0.3) is 0 Å². The Morgan fingerprint density at radius 1 is 1.53 bits per heavy atom. The zero-order chi connectivity index (χ0) is 12.0. The van der Waals surface area contributed by atoms with Crippen LogP contribution in [0, 0.1) is 0 Å². The minimum absolute atomic E-state index is 0.288. The summed E-state index contributed by atoms with van der Waals surface area (Å²) in [7, 11) is 0. The van der Waals surface area contributed by atoms with Crippen LogP contribution in [0.25, 0.3) is 0 Å². The third kappa shape index (κ3) is 1.46. The molecular weight excluding hydrogens is 222 g/mol. The van der Waals surface area contributed by atoms with E-state index in [4.69, 9.17) is 10.8 Å². The first kappa shape index (κ1) is 10.4. The van der Waals surface area contributed by atoms with E-state index in [2.05, 4.69) is 5.10 Å². The van der Waals surface area contributed by atoms with Crippen LogP contribution in [-0.2, 0) is 0 Å². The molecule has 0 aromatic carbocycles. The molecule has 2 heterocycles. The van der Waals surface area contributed by atoms with Crippen LogP contribution in [0.4, 0.5) is 4.79 Å². The summed E-state index contributed by atoms with van der Waals surface area (Å²) in [6, 6.07) is 2.15. The minimum Gasteiger partial charge on any atom is -0.465 e. The fourth-order valence-electron chi connectivity index (χ4n) is 2.34. The third-order valence-corrected chi connectivity index (χ3v) is 3.57. The number of amides is 1. The van der Waals surface area contributed by atoms with Crippen LogP contribution >= 0.6 is 0 Å². The quantitative estimate of drug-likeness (QED) is 0.732. The molecule has 0 spiro atoms. The maximum Gasteiger partial charge on any atom is 0.410 e. The topological polar surface area (TPSA) is 87.6 Å². The average Bonchev–Trinajstić information content (AvgIpc) is 2.67. The average molecular weight is 237 g/mol. The lowest BCUT2D eigenvalue weighted by Gasteiger charge is -2.46. The van der Waals surface area contributed by atoms with Gasteiger partial charge in [0.1, 0.15) is 12.8 Å². The van der Waals surface area contributed by atoms with Crippen LogP contribution in [0.2, 0.25) is 0 Å². The molecule has 7 nitrogen and oxygen atoms in total. The Hall–Kier alpha value is -1.76. The van der Waals surface area contributed by atoms with Gasteiger partial charge in [-0.2, -0.15) is 9.89 Å². The van der Waals surface area contributed by atoms with Crippen LogP contribution in [0.15, 0.2) is 12.3 Å². The first-order valence-electron chi connectivity index (χ1n) is 5.74. The smallest absolute Gasteiger partial charge is 0.410 e. The first-order valence-corrected chi connectivity index (χ1v) is 5.74. The molecule has 92 valence electrons. The molecule has 7 heteroatoms. The molecule has 1 aliphatic heterocycles. The highest BCUT2D eigenvalue weighted by atomic mass is 16.4. The van der Waals surface area contributed by atoms with Crippen molar-refractivity contribution in [1.29, 1.82) is 0 Å². The number of hydrogen-bond donors (Lipinski definition) is 2. The van der Waals surface area contributed by atoms with Gasteiger partial charge in [-0.25, -0.2) is 4.79 Å². The molecule has 1 aromatic heterocycles. The summed E-state index contributed by atoms with van der Waals surface area (Å²) >= 11 is 0. The largest absolute Gasteiger partial charge is 0.465 e. The van der Waals surface area contributed by atoms with Crippen molar-refractivity contribution < 1.29 is 9.90 Å². The monoisotopic (exact) mass is 237 g/mol. The Labute approximate surface area is 98.4 Å². The summed E-state index contributed by atoms with van der Waals surface area (Å²) in [5, 5.41) is 15.4. The van der Waals surface area contributed by atoms with Gasteiger partial charge >= 0.3 is 6.09 Å². The third-order valence-electron chi connectivity index (χ3n) is 3.57. The highest BCUT2D eigenvalue weighted by molar-refractivity contribution is 5.66. The van der Waals surface area contributed by atoms with E-state index >= 15 is 0 Å². The van der Waals surface area contributed by atoms with Gasteiger partial charge in [-0.05, 0) is 25.3 Å². The summed E-state index contributed by atoms with van der Waals surface area (Å²) < 4.78 is 0. The second-order valence-electron chi connectivity index (χ2n) is 4.51. The molecule has 1 aromatic rings. The SMILES string of the molecule is NC1c2ccnn2N(C2CCC2)CN1C(=O)O. The molecular formula is C10H15N5O2. The summed E-state index contributed by atoms with van der Waals surface area (Å²) in [5.41, 5.74) is 6.64. The lowest BCUT2D eigenvalue weighted by Crippen LogP contribution is -2.60. The second kappa shape index (κ2) is 3.63. The molecule has 1 atom stereocenters. The first-order chi connectivity index (χ1) is 8.18. The fraction of sp³-hybridized carbons (Fsp3) is 0.600. The Balaban J connectivity index is 1.96. The predicted molar refractivity (Wildman–Crippen MR) is 59.7 cm³/mol. The molecule has 3 rings (SSSR count). The lowest BCUT2D eigenvalue weighted by molar-refractivity contribution is 0.0954. The van der Waals surface area contributed by atoms with Crippen molar-refractivity contribution in [3.05, 3.63) is 18.0 Å². The van der Waals surface area contributed by atoms with Crippen LogP contribution < -0.4 is 10.7 Å². The van der Waals surface area contributed by atoms with Crippen molar-refractivity contribution in [2.24, 2.45) is 5.73 Å². The van der Waals surface area contributed by atoms with Gasteiger partial charge in [0.2, 0.25) is 0 Å². The maximum absolute atomic E-state index is 11.2. The molecule has 0 saturated heterocycles. The predicted octanol–water partition coefficient (Wildman–Crippen LogP) is 0.282. The molecule has 1 saturated carbocycles. The van der Waals surface area contributed by atoms with Crippen molar-refractivity contribution in [3.8, 4) is 0 Å². The number of fused-ring (bicyclic) bond motifs is 1. The maximum atomic E-state index is 11.2. The van der Waals surface area contributed by atoms with Gasteiger partial charge in [-0.15, -0.1) is 0 Å². The van der Waals surface area contributed by atoms with E-state index in [1.807, 2.05) is 5.01 Å². The lowest BCUT2D eigenvalue weighted by atomic mass is 9.92. The molecule has 1 unspecified atom stereocenters. The van der Waals surface area contributed by atoms with Crippen molar-refractivity contribution in [2.45, 2.75) is 31.5 Å². The second-order valence-corrected chi connectivity index (χ2v) is 4.51. The highest BCUT2D eigenvalue weighted by Crippen LogP contribution is 2.29. The fourth-order valence-corrected chi connectivity index (χ4v) is 2.34. The van der Waals surface area contributed by atoms with E-state index in [1.165, 1.54) is 11.3 Å². The highest BCUT2D eigenvalue weighted by Gasteiger charge is 2.37. The number of nitrogens with zero attached hydrogens (tertiary/aromatic N) is 4. The number of aromatic nitrogens is 2. The van der Waals surface area contributed by atoms with E-state index in [1.54, 1.807) is 17.1 Å². The number of hydrogen-bond acceptors (Lipinski definition) is 4. The number of carbonyl (C=O) groups is 1. The van der Waals surface area contributed by atoms with Crippen molar-refractivity contribution in [1.82, 2.24) is 14.8 Å². The molecule has 0 radical (unpaired) electrons. The molecule has 1 aliphatic carbocycles. The molecule has 2 aliphatic rings. The molecule has 17 heavy (non-hydrogen) atoms. The standard InChI is InChI=1S/C10H15N5O2/c11-9-8-4-5-12-15(8)14(7-2-1-3-7)6-13(9)10(16)17/h4-5,7,9H,1-3,6,11H2,(H,16,17). The van der Waals surface area contributed by atoms with Crippen LogP contribution in [0.1, 0.15) is 31.1 Å². The molecule has 1 fully saturated rings. The van der Waals surface area contributed by atoms with E-state index in [0.29, 0.717) is 6.04 Å². The van der Waals surface area contributed by atoms with E-state index in [9.17, 15) is 4.79 Å². The normalized spacial score (nSPS) is 24.4. The van der Waals surface area contributed by atoms with E-state index in [-0.39, 0.29) is 6.67 Å². The zero-order valence-corrected chi connectivity index (χ0v) is 9.36. The van der Waals surface area contributed by atoms with Gasteiger partial charge in [0.05, 0.1) is 11.9 Å². The Kier molecular flexibility index (Phi) is 2.22. The zero-order valence-electron chi connectivity index (χ0n) is 9.36. The van der Waals surface area contributed by atoms with Crippen molar-refractivity contribution in [3.63, 3.8) is 0 Å². The van der Waals surface area contributed by atoms with Gasteiger partial charge < -0.3 is 10.8 Å². The Morgan fingerprint density at radius 3 is 2.88 bits per heavy atom. The van der Waals surface area contributed by atoms with Gasteiger partial charge in [-0.3, -0.25) is 9.91 Å². The van der Waals surface area contributed by atoms with Crippen LogP contribution in [-0.4, -0.2) is 38.7 Å². The molecule has 1 amide bonds. The summed E-state index contributed by atoms with van der Waals surface area (Å²) in [4.78, 5) is 14.2. The van der Waals surface area contributed by atoms with Gasteiger partial charge in [-0.1, -0.05) is 0 Å². The Bertz CT molecular complexity index is 442. The van der Waals surface area contributed by atoms with Gasteiger partial charge in [0, 0.05) is 6.04 Å². The van der Waals surface area contributed by atoms with Crippen LogP contribution in [0.5, 0.6) is 0 Å². The summed E-state index contributed by atoms with van der Waals surface area (Å²) in [6.07, 6.45) is 3.40. The van der Waals surface area contributed by atoms with Crippen molar-refractivity contribution >= 4 is 6.09 Å². The Morgan fingerprint density at radius 2 is 2.29 bits per heavy atom. The van der Waals surface area contributed by atoms with E-state index in [0.717, 1.165) is 18.5 Å². The summed E-state index contributed by atoms with van der Waals surface area (Å²) in [5.74, 6) is 0.